The van der Waals surface area contributed by atoms with Gasteiger partial charge >= 0.3 is 0 Å². The van der Waals surface area contributed by atoms with Gasteiger partial charge in [0.1, 0.15) is 0 Å². The van der Waals surface area contributed by atoms with Crippen molar-refractivity contribution in [3.8, 4) is 0 Å². The van der Waals surface area contributed by atoms with Crippen LogP contribution >= 0.6 is 15.2 Å². The van der Waals surface area contributed by atoms with Crippen molar-refractivity contribution in [2.24, 2.45) is 0 Å². The summed E-state index contributed by atoms with van der Waals surface area (Å²) in [6.45, 7) is 2.12. The largest absolute Gasteiger partial charge is 0.810 e. The summed E-state index contributed by atoms with van der Waals surface area (Å²) in [6, 6.07) is 0. The Morgan fingerprint density at radius 1 is 0.842 bits per heavy atom. The van der Waals surface area contributed by atoms with Gasteiger partial charge in [0.25, 0.3) is 0 Å². The zero-order valence-corrected chi connectivity index (χ0v) is 13.5. The average molecular weight is 321 g/mol. The van der Waals surface area contributed by atoms with Crippen molar-refractivity contribution in [2.75, 3.05) is 19.1 Å². The summed E-state index contributed by atoms with van der Waals surface area (Å²) in [4.78, 5) is 43.1. The SMILES string of the molecule is CCCCCCN(CP(=O)([O-])[O-])CP(=O)([O-])[O-].[NH4+].[NH4+]. The zero-order valence-electron chi connectivity index (χ0n) is 11.7. The highest BCUT2D eigenvalue weighted by Gasteiger charge is 2.08. The predicted octanol–water partition coefficient (Wildman–Crippen LogP) is -0.636. The van der Waals surface area contributed by atoms with Gasteiger partial charge in [-0.2, -0.15) is 0 Å². The van der Waals surface area contributed by atoms with Crippen LogP contribution < -0.4 is 31.9 Å². The molecular weight excluding hydrogens is 296 g/mol. The molecule has 0 aromatic heterocycles. The zero-order chi connectivity index (χ0) is 13.5. The third kappa shape index (κ3) is 18.2. The molecule has 0 fully saturated rings. The molecule has 0 unspecified atom stereocenters. The minimum atomic E-state index is -4.84. The fourth-order valence-electron chi connectivity index (χ4n) is 1.44. The first kappa shape index (κ1) is 24.2. The van der Waals surface area contributed by atoms with Gasteiger partial charge in [0.05, 0.1) is 0 Å². The first-order valence-corrected chi connectivity index (χ1v) is 8.84. The second kappa shape index (κ2) is 10.9. The van der Waals surface area contributed by atoms with E-state index in [4.69, 9.17) is 0 Å². The van der Waals surface area contributed by atoms with Crippen molar-refractivity contribution in [1.29, 1.82) is 0 Å². The number of quaternary nitrogens is 2. The fraction of sp³-hybridized carbons (Fsp3) is 1.00. The highest BCUT2D eigenvalue weighted by molar-refractivity contribution is 7.49. The Morgan fingerprint density at radius 2 is 1.26 bits per heavy atom. The van der Waals surface area contributed by atoms with E-state index >= 15 is 0 Å². The van der Waals surface area contributed by atoms with E-state index < -0.39 is 27.8 Å². The Bertz CT molecular complexity index is 281. The summed E-state index contributed by atoms with van der Waals surface area (Å²) < 4.78 is 21.1. The summed E-state index contributed by atoms with van der Waals surface area (Å²) >= 11 is 0. The van der Waals surface area contributed by atoms with Gasteiger partial charge < -0.3 is 41.0 Å². The predicted molar refractivity (Wildman–Crippen MR) is 67.8 cm³/mol. The summed E-state index contributed by atoms with van der Waals surface area (Å²) in [6.07, 6.45) is 1.46. The van der Waals surface area contributed by atoms with Gasteiger partial charge in [0.15, 0.2) is 0 Å². The number of rotatable bonds is 9. The van der Waals surface area contributed by atoms with E-state index in [1.54, 1.807) is 0 Å². The van der Waals surface area contributed by atoms with Gasteiger partial charge in [-0.05, 0) is 13.0 Å². The molecule has 0 saturated heterocycles. The molecule has 0 aromatic rings. The van der Waals surface area contributed by atoms with E-state index in [1.807, 2.05) is 6.92 Å². The van der Waals surface area contributed by atoms with Crippen molar-refractivity contribution in [2.45, 2.75) is 32.6 Å². The number of hydrogen-bond donors (Lipinski definition) is 2. The number of hydrogen-bond acceptors (Lipinski definition) is 7. The maximum absolute atomic E-state index is 10.6. The number of unbranched alkanes of at least 4 members (excludes halogenated alkanes) is 3. The topological polar surface area (TPSA) is 203 Å². The second-order valence-electron chi connectivity index (χ2n) is 3.96. The summed E-state index contributed by atoms with van der Waals surface area (Å²) in [7, 11) is -9.67. The molecule has 0 rings (SSSR count). The molecular formula is C8H25N3O6P2-2. The van der Waals surface area contributed by atoms with E-state index in [1.165, 1.54) is 0 Å². The highest BCUT2D eigenvalue weighted by atomic mass is 31.2. The van der Waals surface area contributed by atoms with E-state index in [0.29, 0.717) is 6.42 Å². The molecule has 0 aliphatic carbocycles. The smallest absolute Gasteiger partial charge is 0.0264 e. The molecule has 0 atom stereocenters. The van der Waals surface area contributed by atoms with Crippen LogP contribution in [0.3, 0.4) is 0 Å². The van der Waals surface area contributed by atoms with E-state index in [0.717, 1.165) is 24.2 Å². The van der Waals surface area contributed by atoms with Crippen molar-refractivity contribution in [3.05, 3.63) is 0 Å². The lowest BCUT2D eigenvalue weighted by Crippen LogP contribution is -2.36. The Labute approximate surface area is 113 Å². The van der Waals surface area contributed by atoms with Crippen LogP contribution in [0.1, 0.15) is 32.6 Å². The lowest BCUT2D eigenvalue weighted by Gasteiger charge is -2.41. The Morgan fingerprint density at radius 3 is 1.58 bits per heavy atom. The Kier molecular flexibility index (Phi) is 13.9. The molecule has 19 heavy (non-hydrogen) atoms. The van der Waals surface area contributed by atoms with Crippen LogP contribution in [0.5, 0.6) is 0 Å². The number of nitrogens with zero attached hydrogens (tertiary/aromatic N) is 1. The van der Waals surface area contributed by atoms with Crippen LogP contribution in [0, 0.1) is 0 Å². The molecule has 0 radical (unpaired) electrons. The van der Waals surface area contributed by atoms with Crippen LogP contribution in [0.25, 0.3) is 0 Å². The summed E-state index contributed by atoms with van der Waals surface area (Å²) in [5.74, 6) is 0. The van der Waals surface area contributed by atoms with Gasteiger partial charge in [-0.15, -0.1) is 0 Å². The monoisotopic (exact) mass is 321 g/mol. The van der Waals surface area contributed by atoms with E-state index in [2.05, 4.69) is 0 Å². The maximum Gasteiger partial charge on any atom is 0.0264 e. The van der Waals surface area contributed by atoms with Crippen LogP contribution in [0.4, 0.5) is 0 Å². The highest BCUT2D eigenvalue weighted by Crippen LogP contribution is 2.30. The molecule has 0 aliphatic heterocycles. The average Bonchev–Trinajstić information content (AvgIpc) is 2.06. The van der Waals surface area contributed by atoms with Gasteiger partial charge in [-0.25, -0.2) is 0 Å². The van der Waals surface area contributed by atoms with Crippen LogP contribution in [-0.2, 0) is 9.13 Å². The Hall–Kier alpha value is 0.180. The normalized spacial score (nSPS) is 11.9. The molecule has 0 heterocycles. The van der Waals surface area contributed by atoms with Gasteiger partial charge in [-0.1, -0.05) is 41.4 Å². The fourth-order valence-corrected chi connectivity index (χ4v) is 3.06. The third-order valence-corrected chi connectivity index (χ3v) is 3.57. The van der Waals surface area contributed by atoms with Crippen molar-refractivity contribution in [3.63, 3.8) is 0 Å². The lowest BCUT2D eigenvalue weighted by molar-refractivity contribution is -0.318. The van der Waals surface area contributed by atoms with Crippen LogP contribution in [0.15, 0.2) is 0 Å². The van der Waals surface area contributed by atoms with Crippen molar-refractivity contribution >= 4 is 15.2 Å². The van der Waals surface area contributed by atoms with Crippen molar-refractivity contribution < 1.29 is 28.7 Å². The standard InChI is InChI=1S/C8H21NO6P2.2H3N/c1-2-3-4-5-6-9(7-16(10,11)12)8-17(13,14)15;;/h2-8H2,1H3,(H2,10,11,12)(H2,13,14,15);2*1H3/p-2. The molecule has 9 nitrogen and oxygen atoms in total. The Balaban J connectivity index is -0.00000128. The van der Waals surface area contributed by atoms with Crippen LogP contribution in [0.2, 0.25) is 0 Å². The molecule has 0 bridgehead atoms. The summed E-state index contributed by atoms with van der Waals surface area (Å²) in [5, 5.41) is 0. The first-order valence-electron chi connectivity index (χ1n) is 5.38. The van der Waals surface area contributed by atoms with Gasteiger partial charge in [-0.3, -0.25) is 4.90 Å². The molecule has 0 aromatic carbocycles. The molecule has 8 N–H and O–H groups in total. The molecule has 0 saturated carbocycles. The maximum atomic E-state index is 10.6. The molecule has 0 aliphatic rings. The minimum Gasteiger partial charge on any atom is -0.810 e. The summed E-state index contributed by atoms with van der Waals surface area (Å²) in [5.41, 5.74) is 0. The molecule has 120 valence electrons. The van der Waals surface area contributed by atoms with E-state index in [9.17, 15) is 28.7 Å². The molecule has 11 heteroatoms. The third-order valence-electron chi connectivity index (χ3n) is 2.07. The minimum absolute atomic E-state index is 0. The lowest BCUT2D eigenvalue weighted by atomic mass is 10.2. The second-order valence-corrected chi connectivity index (χ2v) is 6.97. The molecule has 0 amide bonds. The van der Waals surface area contributed by atoms with Crippen molar-refractivity contribution in [1.82, 2.24) is 17.2 Å². The van der Waals surface area contributed by atoms with Gasteiger partial charge in [0.2, 0.25) is 0 Å². The van der Waals surface area contributed by atoms with Crippen LogP contribution in [-0.4, -0.2) is 24.0 Å². The molecule has 0 spiro atoms. The quantitative estimate of drug-likeness (QED) is 0.414. The van der Waals surface area contributed by atoms with Gasteiger partial charge in [0, 0.05) is 12.6 Å². The van der Waals surface area contributed by atoms with E-state index in [-0.39, 0.29) is 18.8 Å². The first-order chi connectivity index (χ1) is 7.64.